The lowest BCUT2D eigenvalue weighted by molar-refractivity contribution is -0.384. The molecular weight excluding hydrogens is 312 g/mol. The van der Waals surface area contributed by atoms with Crippen molar-refractivity contribution in [3.8, 4) is 0 Å². The number of benzene rings is 2. The summed E-state index contributed by atoms with van der Waals surface area (Å²) >= 11 is 0. The number of H-pyrrole nitrogens is 1. The first kappa shape index (κ1) is 15.3. The molecule has 24 heavy (non-hydrogen) atoms. The molecule has 1 aromatic heterocycles. The summed E-state index contributed by atoms with van der Waals surface area (Å²) in [6.45, 7) is 0.0981. The molecule has 3 rings (SSSR count). The Bertz CT molecular complexity index is 932. The molecule has 0 spiro atoms. The Labute approximate surface area is 135 Å². The summed E-state index contributed by atoms with van der Waals surface area (Å²) in [5, 5.41) is 21.1. The highest BCUT2D eigenvalue weighted by molar-refractivity contribution is 5.87. The van der Waals surface area contributed by atoms with Crippen molar-refractivity contribution in [1.82, 2.24) is 15.4 Å². The first-order valence-electron chi connectivity index (χ1n) is 7.00. The smallest absolute Gasteiger partial charge is 0.331 e. The number of aromatic amines is 1. The molecule has 0 aliphatic heterocycles. The van der Waals surface area contributed by atoms with Gasteiger partial charge < -0.3 is 4.74 Å². The van der Waals surface area contributed by atoms with Crippen molar-refractivity contribution in [2.24, 2.45) is 0 Å². The number of aromatic nitrogens is 3. The summed E-state index contributed by atoms with van der Waals surface area (Å²) in [6.07, 6.45) is 2.70. The maximum Gasteiger partial charge on any atom is 0.331 e. The number of nitrogens with zero attached hydrogens (tertiary/aromatic N) is 3. The van der Waals surface area contributed by atoms with E-state index >= 15 is 0 Å². The molecule has 0 saturated heterocycles. The minimum absolute atomic E-state index is 0.0357. The number of carbonyl (C=O) groups excluding carboxylic acids is 1. The van der Waals surface area contributed by atoms with Gasteiger partial charge in [-0.15, -0.1) is 0 Å². The average molecular weight is 324 g/mol. The van der Waals surface area contributed by atoms with Crippen molar-refractivity contribution in [3.05, 3.63) is 69.8 Å². The van der Waals surface area contributed by atoms with Crippen LogP contribution < -0.4 is 0 Å². The molecule has 0 unspecified atom stereocenters. The summed E-state index contributed by atoms with van der Waals surface area (Å²) in [5.74, 6) is -0.540. The van der Waals surface area contributed by atoms with Crippen molar-refractivity contribution in [2.45, 2.75) is 6.61 Å². The number of carbonyl (C=O) groups is 1. The monoisotopic (exact) mass is 324 g/mol. The largest absolute Gasteiger partial charge is 0.458 e. The third-order valence-electron chi connectivity index (χ3n) is 3.25. The van der Waals surface area contributed by atoms with Crippen LogP contribution in [0.15, 0.2) is 48.5 Å². The van der Waals surface area contributed by atoms with Crippen LogP contribution in [0.25, 0.3) is 17.1 Å². The fourth-order valence-electron chi connectivity index (χ4n) is 2.08. The van der Waals surface area contributed by atoms with Gasteiger partial charge in [-0.2, -0.15) is 15.4 Å². The Morgan fingerprint density at radius 2 is 2.04 bits per heavy atom. The van der Waals surface area contributed by atoms with Gasteiger partial charge in [-0.25, -0.2) is 4.79 Å². The quantitative estimate of drug-likeness (QED) is 0.334. The number of non-ortho nitro benzene ring substituents is 1. The second kappa shape index (κ2) is 6.69. The third kappa shape index (κ3) is 3.61. The van der Waals surface area contributed by atoms with Crippen LogP contribution in [-0.4, -0.2) is 26.3 Å². The van der Waals surface area contributed by atoms with Gasteiger partial charge >= 0.3 is 5.97 Å². The molecule has 8 heteroatoms. The molecule has 2 aromatic carbocycles. The number of hydrogen-bond acceptors (Lipinski definition) is 6. The molecule has 1 heterocycles. The normalized spacial score (nSPS) is 11.0. The van der Waals surface area contributed by atoms with Crippen molar-refractivity contribution in [2.75, 3.05) is 0 Å². The van der Waals surface area contributed by atoms with E-state index in [-0.39, 0.29) is 12.3 Å². The highest BCUT2D eigenvalue weighted by atomic mass is 16.6. The number of nitrogens with one attached hydrogen (secondary N) is 1. The number of nitro groups is 1. The van der Waals surface area contributed by atoms with Crippen LogP contribution in [0.4, 0.5) is 5.69 Å². The maximum atomic E-state index is 11.7. The molecule has 3 aromatic rings. The van der Waals surface area contributed by atoms with Crippen molar-refractivity contribution >= 4 is 28.8 Å². The standard InChI is InChI=1S/C16H12N4O4/c21-16(7-5-11-2-1-3-13(8-11)20(22)23)24-10-12-4-6-14-15(9-12)18-19-17-14/h1-9H,10H2,(H,17,18,19)/b7-5+. The second-order valence-electron chi connectivity index (χ2n) is 4.94. The van der Waals surface area contributed by atoms with E-state index in [9.17, 15) is 14.9 Å². The fraction of sp³-hybridized carbons (Fsp3) is 0.0625. The van der Waals surface area contributed by atoms with E-state index in [1.807, 2.05) is 0 Å². The fourth-order valence-corrected chi connectivity index (χ4v) is 2.08. The lowest BCUT2D eigenvalue weighted by Crippen LogP contribution is -2.00. The molecule has 0 fully saturated rings. The van der Waals surface area contributed by atoms with Crippen LogP contribution in [0.3, 0.4) is 0 Å². The van der Waals surface area contributed by atoms with Crippen LogP contribution in [-0.2, 0) is 16.1 Å². The zero-order valence-corrected chi connectivity index (χ0v) is 12.4. The number of esters is 1. The molecule has 0 atom stereocenters. The Kier molecular flexibility index (Phi) is 4.28. The van der Waals surface area contributed by atoms with Crippen molar-refractivity contribution < 1.29 is 14.5 Å². The number of nitro benzene ring substituents is 1. The van der Waals surface area contributed by atoms with Gasteiger partial charge in [0.25, 0.3) is 5.69 Å². The summed E-state index contributed by atoms with van der Waals surface area (Å²) < 4.78 is 5.13. The van der Waals surface area contributed by atoms with Gasteiger partial charge in [0.2, 0.25) is 0 Å². The molecule has 0 aliphatic carbocycles. The molecule has 0 aliphatic rings. The lowest BCUT2D eigenvalue weighted by Gasteiger charge is -2.02. The average Bonchev–Trinajstić information content (AvgIpc) is 3.06. The number of fused-ring (bicyclic) bond motifs is 1. The van der Waals surface area contributed by atoms with E-state index in [4.69, 9.17) is 4.74 Å². The minimum atomic E-state index is -0.540. The molecule has 1 N–H and O–H groups in total. The molecule has 0 saturated carbocycles. The molecule has 0 bridgehead atoms. The lowest BCUT2D eigenvalue weighted by atomic mass is 10.2. The van der Waals surface area contributed by atoms with E-state index in [0.29, 0.717) is 11.1 Å². The predicted octanol–water partition coefficient (Wildman–Crippen LogP) is 2.62. The van der Waals surface area contributed by atoms with Crippen molar-refractivity contribution in [1.29, 1.82) is 0 Å². The van der Waals surface area contributed by atoms with Crippen molar-refractivity contribution in [3.63, 3.8) is 0 Å². The molecule has 0 amide bonds. The first-order valence-corrected chi connectivity index (χ1v) is 7.00. The van der Waals surface area contributed by atoms with Gasteiger partial charge in [0, 0.05) is 18.2 Å². The van der Waals surface area contributed by atoms with Gasteiger partial charge in [-0.3, -0.25) is 10.1 Å². The van der Waals surface area contributed by atoms with E-state index in [1.165, 1.54) is 24.3 Å². The van der Waals surface area contributed by atoms with E-state index in [2.05, 4.69) is 15.4 Å². The van der Waals surface area contributed by atoms with Gasteiger partial charge in [-0.05, 0) is 29.3 Å². The summed E-state index contributed by atoms with van der Waals surface area (Å²) in [6, 6.07) is 11.3. The number of rotatable bonds is 5. The van der Waals surface area contributed by atoms with Crippen LogP contribution in [0, 0.1) is 10.1 Å². The Hall–Kier alpha value is -3.55. The molecule has 8 nitrogen and oxygen atoms in total. The van der Waals surface area contributed by atoms with E-state index in [0.717, 1.165) is 11.1 Å². The van der Waals surface area contributed by atoms with Crippen LogP contribution in [0.2, 0.25) is 0 Å². The minimum Gasteiger partial charge on any atom is -0.458 e. The Morgan fingerprint density at radius 3 is 2.88 bits per heavy atom. The topological polar surface area (TPSA) is 111 Å². The SMILES string of the molecule is O=C(/C=C/c1cccc([N+](=O)[O-])c1)OCc1ccc2n[nH]nc2c1. The number of ether oxygens (including phenoxy) is 1. The zero-order valence-electron chi connectivity index (χ0n) is 12.4. The van der Waals surface area contributed by atoms with Gasteiger partial charge in [0.1, 0.15) is 17.6 Å². The molecule has 0 radical (unpaired) electrons. The summed E-state index contributed by atoms with van der Waals surface area (Å²) in [5.41, 5.74) is 2.72. The maximum absolute atomic E-state index is 11.7. The second-order valence-corrected chi connectivity index (χ2v) is 4.94. The first-order chi connectivity index (χ1) is 11.6. The van der Waals surface area contributed by atoms with Crippen LogP contribution in [0.1, 0.15) is 11.1 Å². The van der Waals surface area contributed by atoms with Gasteiger partial charge in [0.15, 0.2) is 0 Å². The summed E-state index contributed by atoms with van der Waals surface area (Å²) in [7, 11) is 0. The Morgan fingerprint density at radius 1 is 1.21 bits per heavy atom. The number of hydrogen-bond donors (Lipinski definition) is 1. The zero-order chi connectivity index (χ0) is 16.9. The third-order valence-corrected chi connectivity index (χ3v) is 3.25. The highest BCUT2D eigenvalue weighted by Crippen LogP contribution is 2.14. The van der Waals surface area contributed by atoms with Crippen LogP contribution in [0.5, 0.6) is 0 Å². The van der Waals surface area contributed by atoms with Gasteiger partial charge in [-0.1, -0.05) is 18.2 Å². The molecule has 120 valence electrons. The van der Waals surface area contributed by atoms with Gasteiger partial charge in [0.05, 0.1) is 4.92 Å². The van der Waals surface area contributed by atoms with Crippen LogP contribution >= 0.6 is 0 Å². The van der Waals surface area contributed by atoms with E-state index in [1.54, 1.807) is 30.3 Å². The summed E-state index contributed by atoms with van der Waals surface area (Å²) in [4.78, 5) is 22.0. The molecular formula is C16H12N4O4. The predicted molar refractivity (Wildman–Crippen MR) is 85.8 cm³/mol. The van der Waals surface area contributed by atoms with E-state index < -0.39 is 10.9 Å². The Balaban J connectivity index is 1.60. The highest BCUT2D eigenvalue weighted by Gasteiger charge is 2.05.